The van der Waals surface area contributed by atoms with Crippen molar-refractivity contribution < 1.29 is 5.11 Å². The van der Waals surface area contributed by atoms with Gasteiger partial charge < -0.3 is 10.4 Å². The summed E-state index contributed by atoms with van der Waals surface area (Å²) in [5, 5.41) is 17.3. The van der Waals surface area contributed by atoms with Gasteiger partial charge in [0.15, 0.2) is 0 Å². The lowest BCUT2D eigenvalue weighted by Gasteiger charge is -2.17. The van der Waals surface area contributed by atoms with Crippen molar-refractivity contribution in [2.75, 3.05) is 6.54 Å². The van der Waals surface area contributed by atoms with Crippen LogP contribution in [0.2, 0.25) is 0 Å². The third-order valence-corrected chi connectivity index (χ3v) is 3.47. The molecular formula is C13H23NOS. The largest absolute Gasteiger partial charge is 0.387 e. The summed E-state index contributed by atoms with van der Waals surface area (Å²) in [5.74, 6) is 0.756. The van der Waals surface area contributed by atoms with Crippen molar-refractivity contribution in [3.05, 3.63) is 22.4 Å². The Morgan fingerprint density at radius 1 is 1.31 bits per heavy atom. The first-order chi connectivity index (χ1) is 7.59. The standard InChI is InChI=1S/C13H23NOS/c1-10(2)4-5-11(3)14-8-13(15)12-6-7-16-9-12/h6-7,9-11,13-15H,4-5,8H2,1-3H3. The number of hydrogen-bond acceptors (Lipinski definition) is 3. The van der Waals surface area contributed by atoms with Gasteiger partial charge >= 0.3 is 0 Å². The van der Waals surface area contributed by atoms with E-state index in [1.807, 2.05) is 16.8 Å². The smallest absolute Gasteiger partial charge is 0.0922 e. The summed E-state index contributed by atoms with van der Waals surface area (Å²) >= 11 is 1.63. The lowest BCUT2D eigenvalue weighted by atomic mass is 10.0. The van der Waals surface area contributed by atoms with Crippen molar-refractivity contribution in [1.29, 1.82) is 0 Å². The van der Waals surface area contributed by atoms with E-state index in [2.05, 4.69) is 26.1 Å². The molecule has 2 nitrogen and oxygen atoms in total. The van der Waals surface area contributed by atoms with Crippen LogP contribution in [0.15, 0.2) is 16.8 Å². The van der Waals surface area contributed by atoms with Crippen LogP contribution in [0.25, 0.3) is 0 Å². The molecule has 2 unspecified atom stereocenters. The number of aliphatic hydroxyl groups is 1. The van der Waals surface area contributed by atoms with E-state index in [0.717, 1.165) is 11.5 Å². The van der Waals surface area contributed by atoms with E-state index in [4.69, 9.17) is 0 Å². The molecule has 1 aromatic heterocycles. The van der Waals surface area contributed by atoms with Crippen LogP contribution >= 0.6 is 11.3 Å². The molecule has 0 aliphatic heterocycles. The second kappa shape index (κ2) is 7.05. The molecule has 1 rings (SSSR count). The quantitative estimate of drug-likeness (QED) is 0.768. The van der Waals surface area contributed by atoms with Crippen molar-refractivity contribution in [2.45, 2.75) is 45.8 Å². The molecule has 0 saturated carbocycles. The summed E-state index contributed by atoms with van der Waals surface area (Å²) in [4.78, 5) is 0. The van der Waals surface area contributed by atoms with Crippen LogP contribution < -0.4 is 5.32 Å². The van der Waals surface area contributed by atoms with E-state index in [1.54, 1.807) is 11.3 Å². The molecule has 3 heteroatoms. The van der Waals surface area contributed by atoms with E-state index in [-0.39, 0.29) is 6.10 Å². The van der Waals surface area contributed by atoms with Gasteiger partial charge in [-0.25, -0.2) is 0 Å². The van der Waals surface area contributed by atoms with Crippen LogP contribution in [-0.4, -0.2) is 17.7 Å². The Hall–Kier alpha value is -0.380. The highest BCUT2D eigenvalue weighted by molar-refractivity contribution is 7.07. The minimum atomic E-state index is -0.368. The van der Waals surface area contributed by atoms with Crippen LogP contribution in [0.5, 0.6) is 0 Å². The zero-order chi connectivity index (χ0) is 12.0. The van der Waals surface area contributed by atoms with Gasteiger partial charge in [0.25, 0.3) is 0 Å². The molecule has 2 atom stereocenters. The molecule has 0 spiro atoms. The Balaban J connectivity index is 2.19. The Labute approximate surface area is 103 Å². The van der Waals surface area contributed by atoms with Gasteiger partial charge in [-0.05, 0) is 48.1 Å². The minimum Gasteiger partial charge on any atom is -0.387 e. The average Bonchev–Trinajstić information content (AvgIpc) is 2.76. The summed E-state index contributed by atoms with van der Waals surface area (Å²) in [6, 6.07) is 2.46. The number of thiophene rings is 1. The van der Waals surface area contributed by atoms with Crippen molar-refractivity contribution in [2.24, 2.45) is 5.92 Å². The SMILES string of the molecule is CC(C)CCC(C)NCC(O)c1ccsc1. The highest BCUT2D eigenvalue weighted by Crippen LogP contribution is 2.15. The maximum absolute atomic E-state index is 9.88. The topological polar surface area (TPSA) is 32.3 Å². The first-order valence-corrected chi connectivity index (χ1v) is 6.97. The molecule has 0 amide bonds. The van der Waals surface area contributed by atoms with E-state index < -0.39 is 0 Å². The summed E-state index contributed by atoms with van der Waals surface area (Å²) in [6.07, 6.45) is 2.05. The Morgan fingerprint density at radius 2 is 2.06 bits per heavy atom. The molecule has 1 aromatic rings. The van der Waals surface area contributed by atoms with E-state index in [0.29, 0.717) is 12.6 Å². The van der Waals surface area contributed by atoms with Crippen LogP contribution in [0.1, 0.15) is 45.3 Å². The number of rotatable bonds is 7. The van der Waals surface area contributed by atoms with Crippen molar-refractivity contribution >= 4 is 11.3 Å². The second-order valence-corrected chi connectivity index (χ2v) is 5.63. The number of aliphatic hydroxyl groups excluding tert-OH is 1. The zero-order valence-corrected chi connectivity index (χ0v) is 11.3. The van der Waals surface area contributed by atoms with Crippen LogP contribution in [0.3, 0.4) is 0 Å². The summed E-state index contributed by atoms with van der Waals surface area (Å²) < 4.78 is 0. The molecule has 0 radical (unpaired) electrons. The molecule has 2 N–H and O–H groups in total. The van der Waals surface area contributed by atoms with Crippen molar-refractivity contribution in [1.82, 2.24) is 5.32 Å². The van der Waals surface area contributed by atoms with Crippen molar-refractivity contribution in [3.63, 3.8) is 0 Å². The van der Waals surface area contributed by atoms with E-state index in [9.17, 15) is 5.11 Å². The first-order valence-electron chi connectivity index (χ1n) is 6.03. The Morgan fingerprint density at radius 3 is 2.62 bits per heavy atom. The lowest BCUT2D eigenvalue weighted by Crippen LogP contribution is -2.30. The maximum Gasteiger partial charge on any atom is 0.0922 e. The fourth-order valence-electron chi connectivity index (χ4n) is 1.58. The molecule has 0 fully saturated rings. The second-order valence-electron chi connectivity index (χ2n) is 4.85. The van der Waals surface area contributed by atoms with Crippen LogP contribution in [-0.2, 0) is 0 Å². The molecule has 0 bridgehead atoms. The monoisotopic (exact) mass is 241 g/mol. The molecule has 1 heterocycles. The average molecular weight is 241 g/mol. The summed E-state index contributed by atoms with van der Waals surface area (Å²) in [6.45, 7) is 7.32. The van der Waals surface area contributed by atoms with Crippen LogP contribution in [0, 0.1) is 5.92 Å². The van der Waals surface area contributed by atoms with E-state index in [1.165, 1.54) is 12.8 Å². The molecular weight excluding hydrogens is 218 g/mol. The molecule has 92 valence electrons. The molecule has 0 aromatic carbocycles. The molecule has 16 heavy (non-hydrogen) atoms. The van der Waals surface area contributed by atoms with Crippen LogP contribution in [0.4, 0.5) is 0 Å². The Bertz CT molecular complexity index is 271. The highest BCUT2D eigenvalue weighted by Gasteiger charge is 2.09. The fraction of sp³-hybridized carbons (Fsp3) is 0.692. The van der Waals surface area contributed by atoms with Gasteiger partial charge in [-0.2, -0.15) is 11.3 Å². The normalized spacial score (nSPS) is 15.3. The molecule has 0 saturated heterocycles. The van der Waals surface area contributed by atoms with E-state index >= 15 is 0 Å². The first kappa shape index (κ1) is 13.7. The highest BCUT2D eigenvalue weighted by atomic mass is 32.1. The van der Waals surface area contributed by atoms with Gasteiger partial charge in [0.05, 0.1) is 6.10 Å². The number of hydrogen-bond donors (Lipinski definition) is 2. The summed E-state index contributed by atoms with van der Waals surface area (Å²) in [5.41, 5.74) is 1.02. The van der Waals surface area contributed by atoms with Crippen molar-refractivity contribution in [3.8, 4) is 0 Å². The van der Waals surface area contributed by atoms with Gasteiger partial charge in [0.2, 0.25) is 0 Å². The zero-order valence-electron chi connectivity index (χ0n) is 10.4. The molecule has 0 aliphatic rings. The fourth-order valence-corrected chi connectivity index (χ4v) is 2.29. The predicted molar refractivity (Wildman–Crippen MR) is 70.8 cm³/mol. The Kier molecular flexibility index (Phi) is 6.03. The predicted octanol–water partition coefficient (Wildman–Crippen LogP) is 3.20. The number of nitrogens with one attached hydrogen (secondary N) is 1. The van der Waals surface area contributed by atoms with Gasteiger partial charge in [-0.15, -0.1) is 0 Å². The third-order valence-electron chi connectivity index (χ3n) is 2.76. The summed E-state index contributed by atoms with van der Waals surface area (Å²) in [7, 11) is 0. The van der Waals surface area contributed by atoms with Gasteiger partial charge in [0.1, 0.15) is 0 Å². The minimum absolute atomic E-state index is 0.368. The van der Waals surface area contributed by atoms with Gasteiger partial charge in [0, 0.05) is 12.6 Å². The maximum atomic E-state index is 9.88. The van der Waals surface area contributed by atoms with Gasteiger partial charge in [-0.3, -0.25) is 0 Å². The molecule has 0 aliphatic carbocycles. The lowest BCUT2D eigenvalue weighted by molar-refractivity contribution is 0.170. The van der Waals surface area contributed by atoms with Gasteiger partial charge in [-0.1, -0.05) is 13.8 Å². The third kappa shape index (κ3) is 5.10.